The summed E-state index contributed by atoms with van der Waals surface area (Å²) >= 11 is 0. The number of carbonyl (C=O) groups is 2. The molecule has 0 radical (unpaired) electrons. The van der Waals surface area contributed by atoms with Crippen molar-refractivity contribution < 1.29 is 23.8 Å². The molecule has 10 nitrogen and oxygen atoms in total. The van der Waals surface area contributed by atoms with E-state index in [1.54, 1.807) is 4.90 Å². The third-order valence-corrected chi connectivity index (χ3v) is 9.51. The highest BCUT2D eigenvalue weighted by molar-refractivity contribution is 5.95. The van der Waals surface area contributed by atoms with E-state index in [1.165, 1.54) is 0 Å². The number of rotatable bonds is 8. The molecular weight excluding hydrogens is 630 g/mol. The maximum absolute atomic E-state index is 13.5. The van der Waals surface area contributed by atoms with Gasteiger partial charge in [0.25, 0.3) is 0 Å². The highest BCUT2D eigenvalue weighted by Crippen LogP contribution is 2.44. The average molecular weight is 669 g/mol. The van der Waals surface area contributed by atoms with Crippen molar-refractivity contribution in [3.05, 3.63) is 100 Å². The van der Waals surface area contributed by atoms with Crippen LogP contribution in [0.1, 0.15) is 42.9 Å². The second-order valence-electron chi connectivity index (χ2n) is 12.7. The molecule has 0 aliphatic carbocycles. The maximum Gasteiger partial charge on any atom is 0.246 e. The van der Waals surface area contributed by atoms with E-state index in [2.05, 4.69) is 33.6 Å². The second-order valence-corrected chi connectivity index (χ2v) is 12.7. The molecule has 0 spiro atoms. The normalized spacial score (nSPS) is 14.9. The number of carbonyl (C=O) groups excluding carboxylic acids is 2. The van der Waals surface area contributed by atoms with E-state index < -0.39 is 0 Å². The number of anilines is 2. The van der Waals surface area contributed by atoms with Crippen LogP contribution < -0.4 is 44.6 Å². The van der Waals surface area contributed by atoms with Crippen LogP contribution in [0.3, 0.4) is 0 Å². The van der Waals surface area contributed by atoms with Gasteiger partial charge < -0.3 is 29.3 Å². The zero-order chi connectivity index (χ0) is 34.0. The lowest BCUT2D eigenvalue weighted by atomic mass is 10.0. The molecule has 2 amide bonds. The minimum absolute atomic E-state index is 0.0583. The lowest BCUT2D eigenvalue weighted by molar-refractivity contribution is -0.121. The Kier molecular flexibility index (Phi) is 8.55. The molecule has 0 unspecified atom stereocenters. The third-order valence-electron chi connectivity index (χ3n) is 9.51. The van der Waals surface area contributed by atoms with Gasteiger partial charge in [-0.25, -0.2) is 9.57 Å². The van der Waals surface area contributed by atoms with Gasteiger partial charge in [-0.05, 0) is 30.7 Å². The molecule has 4 aliphatic heterocycles. The summed E-state index contributed by atoms with van der Waals surface area (Å²) in [5, 5.41) is 4.60. The van der Waals surface area contributed by atoms with Crippen molar-refractivity contribution in [2.24, 2.45) is 4.99 Å². The Labute approximate surface area is 290 Å². The van der Waals surface area contributed by atoms with Crippen LogP contribution in [0.5, 0.6) is 23.0 Å². The van der Waals surface area contributed by atoms with E-state index in [0.717, 1.165) is 63.7 Å². The lowest BCUT2D eigenvalue weighted by Crippen LogP contribution is -2.41. The van der Waals surface area contributed by atoms with Crippen LogP contribution in [-0.2, 0) is 16.1 Å². The van der Waals surface area contributed by atoms with Crippen LogP contribution in [0.25, 0.3) is 0 Å². The van der Waals surface area contributed by atoms with Gasteiger partial charge >= 0.3 is 0 Å². The van der Waals surface area contributed by atoms with Gasteiger partial charge in [-0.15, -0.1) is 0 Å². The molecule has 4 aromatic carbocycles. The van der Waals surface area contributed by atoms with Gasteiger partial charge in [0, 0.05) is 61.7 Å². The lowest BCUT2D eigenvalue weighted by Gasteiger charge is -2.31. The number of hydrogen-bond acceptors (Lipinski definition) is 7. The molecule has 0 saturated carbocycles. The fourth-order valence-electron chi connectivity index (χ4n) is 6.89. The molecule has 4 aromatic rings. The molecule has 50 heavy (non-hydrogen) atoms. The molecule has 4 heterocycles. The summed E-state index contributed by atoms with van der Waals surface area (Å²) < 4.78 is 20.6. The molecular formula is C40H38N5O5+. The van der Waals surface area contributed by atoms with Crippen molar-refractivity contribution in [3.8, 4) is 34.8 Å². The molecule has 0 fully saturated rings. The Bertz CT molecular complexity index is 2200. The topological polar surface area (TPSA) is 95.7 Å². The predicted molar refractivity (Wildman–Crippen MR) is 190 cm³/mol. The quantitative estimate of drug-likeness (QED) is 0.198. The number of ether oxygens (including phenoxy) is 3. The van der Waals surface area contributed by atoms with E-state index in [4.69, 9.17) is 19.2 Å². The van der Waals surface area contributed by atoms with Gasteiger partial charge in [-0.2, -0.15) is 0 Å². The first-order chi connectivity index (χ1) is 24.5. The maximum atomic E-state index is 13.5. The molecule has 4 aliphatic rings. The SMILES string of the molecule is CCN1CCOc2cc3c(cc21)Oc1cc2c(cc1=N3)OCC[N+]=2CCCC(=O)NCCC(=O)N1Cc2ccccc2C#Cc2ccccc21. The average Bonchev–Trinajstić information content (AvgIpc) is 3.13. The Morgan fingerprint density at radius 1 is 0.880 bits per heavy atom. The van der Waals surface area contributed by atoms with Crippen LogP contribution >= 0.6 is 0 Å². The van der Waals surface area contributed by atoms with Crippen LogP contribution in [0.2, 0.25) is 0 Å². The number of hydrogen-bond donors (Lipinski definition) is 1. The smallest absolute Gasteiger partial charge is 0.246 e. The number of likely N-dealkylation sites (N-methyl/N-ethyl adjacent to an activating group) is 1. The molecule has 0 bridgehead atoms. The fourth-order valence-corrected chi connectivity index (χ4v) is 6.89. The van der Waals surface area contributed by atoms with Crippen molar-refractivity contribution >= 4 is 28.9 Å². The number of fused-ring (bicyclic) bond motifs is 6. The molecule has 0 aromatic heterocycles. The van der Waals surface area contributed by atoms with Gasteiger partial charge in [-0.3, -0.25) is 9.59 Å². The van der Waals surface area contributed by atoms with Crippen molar-refractivity contribution in [2.45, 2.75) is 32.7 Å². The first kappa shape index (κ1) is 31.4. The van der Waals surface area contributed by atoms with E-state index >= 15 is 0 Å². The van der Waals surface area contributed by atoms with Crippen LogP contribution in [-0.4, -0.2) is 57.8 Å². The summed E-state index contributed by atoms with van der Waals surface area (Å²) in [7, 11) is 0. The minimum Gasteiger partial charge on any atom is -0.489 e. The van der Waals surface area contributed by atoms with Crippen molar-refractivity contribution in [2.75, 3.05) is 55.7 Å². The Balaban J connectivity index is 0.902. The zero-order valence-corrected chi connectivity index (χ0v) is 28.0. The number of para-hydroxylation sites is 1. The Morgan fingerprint density at radius 3 is 2.60 bits per heavy atom. The number of nitrogens with zero attached hydrogens (tertiary/aromatic N) is 4. The van der Waals surface area contributed by atoms with E-state index in [0.29, 0.717) is 62.5 Å². The zero-order valence-electron chi connectivity index (χ0n) is 28.0. The second kappa shape index (κ2) is 13.6. The standard InChI is InChI=1S/C40H37N5O5/c1-2-43-18-20-48-37-22-30-35(24-33(37)43)50-36-25-34-38(23-31(36)42-30)49-21-19-44(34)17-7-12-39(46)41-16-15-40(47)45-26-29-10-4-3-8-27(29)13-14-28-9-5-6-11-32(28)45/h3-6,8-11,22-25H,2,7,12,15-21,26H2,1H3/p+1. The molecule has 10 heteroatoms. The number of benzene rings is 4. The van der Waals surface area contributed by atoms with Crippen LogP contribution in [0, 0.1) is 11.8 Å². The first-order valence-electron chi connectivity index (χ1n) is 17.3. The third kappa shape index (κ3) is 6.23. The number of nitrogens with one attached hydrogen (secondary N) is 1. The summed E-state index contributed by atoms with van der Waals surface area (Å²) in [6.07, 6.45) is 1.19. The Morgan fingerprint density at radius 2 is 1.70 bits per heavy atom. The van der Waals surface area contributed by atoms with Crippen LogP contribution in [0.15, 0.2) is 77.8 Å². The summed E-state index contributed by atoms with van der Waals surface area (Å²) in [5.41, 5.74) is 5.27. The molecule has 0 saturated heterocycles. The largest absolute Gasteiger partial charge is 0.489 e. The number of amides is 2. The molecule has 8 rings (SSSR count). The minimum atomic E-state index is -0.0758. The molecule has 252 valence electrons. The van der Waals surface area contributed by atoms with E-state index in [9.17, 15) is 9.59 Å². The molecule has 0 atom stereocenters. The van der Waals surface area contributed by atoms with E-state index in [-0.39, 0.29) is 24.8 Å². The highest BCUT2D eigenvalue weighted by atomic mass is 16.5. The van der Waals surface area contributed by atoms with E-state index in [1.807, 2.05) is 72.8 Å². The predicted octanol–water partition coefficient (Wildman–Crippen LogP) is 4.08. The Hall–Kier alpha value is -5.82. The van der Waals surface area contributed by atoms with Gasteiger partial charge in [0.05, 0.1) is 30.5 Å². The van der Waals surface area contributed by atoms with Crippen LogP contribution in [0.4, 0.5) is 17.1 Å². The summed E-state index contributed by atoms with van der Waals surface area (Å²) in [6, 6.07) is 23.5. The van der Waals surface area contributed by atoms with Gasteiger partial charge in [0.2, 0.25) is 17.2 Å². The highest BCUT2D eigenvalue weighted by Gasteiger charge is 2.26. The van der Waals surface area contributed by atoms with Crippen molar-refractivity contribution in [3.63, 3.8) is 0 Å². The molecule has 1 N–H and O–H groups in total. The monoisotopic (exact) mass is 668 g/mol. The van der Waals surface area contributed by atoms with Crippen molar-refractivity contribution in [1.29, 1.82) is 0 Å². The van der Waals surface area contributed by atoms with Gasteiger partial charge in [-0.1, -0.05) is 42.2 Å². The first-order valence-corrected chi connectivity index (χ1v) is 17.3. The summed E-state index contributed by atoms with van der Waals surface area (Å²) in [5.74, 6) is 9.29. The van der Waals surface area contributed by atoms with Gasteiger partial charge in [0.15, 0.2) is 23.8 Å². The van der Waals surface area contributed by atoms with Crippen molar-refractivity contribution in [1.82, 2.24) is 9.89 Å². The summed E-state index contributed by atoms with van der Waals surface area (Å²) in [4.78, 5) is 35.3. The fraction of sp³-hybridized carbons (Fsp3) is 0.300. The van der Waals surface area contributed by atoms with Gasteiger partial charge in [0.1, 0.15) is 36.6 Å². The summed E-state index contributed by atoms with van der Waals surface area (Å²) in [6.45, 7) is 7.13.